The first kappa shape index (κ1) is 13.7. The van der Waals surface area contributed by atoms with E-state index in [0.717, 1.165) is 43.1 Å². The zero-order chi connectivity index (χ0) is 12.7. The smallest absolute Gasteiger partial charge is 0.222 e. The van der Waals surface area contributed by atoms with E-state index in [1.165, 1.54) is 0 Å². The summed E-state index contributed by atoms with van der Waals surface area (Å²) in [5.41, 5.74) is 1.07. The van der Waals surface area contributed by atoms with Gasteiger partial charge < -0.3 is 10.1 Å². The van der Waals surface area contributed by atoms with E-state index >= 15 is 0 Å². The molecule has 0 amide bonds. The molecule has 0 spiro atoms. The molecule has 1 N–H and O–H groups in total. The second-order valence-electron chi connectivity index (χ2n) is 4.12. The first-order valence-electron chi connectivity index (χ1n) is 6.47. The van der Waals surface area contributed by atoms with Crippen molar-refractivity contribution < 1.29 is 4.74 Å². The molecule has 1 atom stereocenters. The summed E-state index contributed by atoms with van der Waals surface area (Å²) < 4.78 is 5.82. The van der Waals surface area contributed by atoms with Crippen molar-refractivity contribution in [1.82, 2.24) is 9.97 Å². The van der Waals surface area contributed by atoms with Gasteiger partial charge in [0.1, 0.15) is 12.1 Å². The molecule has 0 aromatic carbocycles. The summed E-state index contributed by atoms with van der Waals surface area (Å²) in [6.45, 7) is 9.32. The van der Waals surface area contributed by atoms with Gasteiger partial charge in [0.05, 0.1) is 11.7 Å². The number of hydrogen-bond donors (Lipinski definition) is 1. The molecule has 96 valence electrons. The molecule has 0 aliphatic heterocycles. The summed E-state index contributed by atoms with van der Waals surface area (Å²) in [6, 6.07) is 0. The van der Waals surface area contributed by atoms with Crippen molar-refractivity contribution in [3.8, 4) is 5.88 Å². The normalized spacial score (nSPS) is 12.2. The molecule has 0 saturated carbocycles. The fraction of sp³-hybridized carbons (Fsp3) is 0.692. The Bertz CT molecular complexity index is 341. The summed E-state index contributed by atoms with van der Waals surface area (Å²) in [4.78, 5) is 8.51. The van der Waals surface area contributed by atoms with Gasteiger partial charge in [0, 0.05) is 6.54 Å². The monoisotopic (exact) mass is 237 g/mol. The van der Waals surface area contributed by atoms with E-state index in [4.69, 9.17) is 4.74 Å². The van der Waals surface area contributed by atoms with Gasteiger partial charge in [-0.2, -0.15) is 0 Å². The van der Waals surface area contributed by atoms with Crippen LogP contribution in [0.5, 0.6) is 5.88 Å². The molecule has 17 heavy (non-hydrogen) atoms. The average molecular weight is 237 g/mol. The zero-order valence-corrected chi connectivity index (χ0v) is 11.3. The Morgan fingerprint density at radius 1 is 1.29 bits per heavy atom. The topological polar surface area (TPSA) is 47.0 Å². The molecule has 1 heterocycles. The van der Waals surface area contributed by atoms with Gasteiger partial charge in [0.2, 0.25) is 5.88 Å². The largest absolute Gasteiger partial charge is 0.474 e. The molecule has 0 radical (unpaired) electrons. The Morgan fingerprint density at radius 2 is 2.06 bits per heavy atom. The van der Waals surface area contributed by atoms with E-state index in [1.54, 1.807) is 6.33 Å². The number of rotatable bonds is 7. The van der Waals surface area contributed by atoms with E-state index in [2.05, 4.69) is 43.0 Å². The lowest BCUT2D eigenvalue weighted by atomic mass is 10.2. The molecular weight excluding hydrogens is 214 g/mol. The van der Waals surface area contributed by atoms with Crippen molar-refractivity contribution in [1.29, 1.82) is 0 Å². The van der Waals surface area contributed by atoms with Gasteiger partial charge in [0.25, 0.3) is 0 Å². The SMILES string of the molecule is CCCNc1ncnc(OC(C)CC)c1CC. The van der Waals surface area contributed by atoms with Crippen LogP contribution in [-0.2, 0) is 6.42 Å². The summed E-state index contributed by atoms with van der Waals surface area (Å²) >= 11 is 0. The van der Waals surface area contributed by atoms with Crippen LogP contribution in [0, 0.1) is 0 Å². The lowest BCUT2D eigenvalue weighted by molar-refractivity contribution is 0.206. The van der Waals surface area contributed by atoms with Crippen molar-refractivity contribution in [2.45, 2.75) is 53.1 Å². The highest BCUT2D eigenvalue weighted by Crippen LogP contribution is 2.23. The third kappa shape index (κ3) is 3.88. The summed E-state index contributed by atoms with van der Waals surface area (Å²) in [5, 5.41) is 3.31. The van der Waals surface area contributed by atoms with Crippen molar-refractivity contribution in [2.24, 2.45) is 0 Å². The van der Waals surface area contributed by atoms with Crippen LogP contribution < -0.4 is 10.1 Å². The minimum atomic E-state index is 0.189. The molecule has 0 aliphatic rings. The molecule has 4 heteroatoms. The van der Waals surface area contributed by atoms with Crippen molar-refractivity contribution in [3.05, 3.63) is 11.9 Å². The highest BCUT2D eigenvalue weighted by Gasteiger charge is 2.12. The molecule has 0 aliphatic carbocycles. The van der Waals surface area contributed by atoms with Gasteiger partial charge >= 0.3 is 0 Å². The Morgan fingerprint density at radius 3 is 2.65 bits per heavy atom. The van der Waals surface area contributed by atoms with Crippen LogP contribution >= 0.6 is 0 Å². The number of ether oxygens (including phenoxy) is 1. The summed E-state index contributed by atoms with van der Waals surface area (Å²) in [5.74, 6) is 1.62. The lowest BCUT2D eigenvalue weighted by Gasteiger charge is -2.16. The number of nitrogens with zero attached hydrogens (tertiary/aromatic N) is 2. The maximum Gasteiger partial charge on any atom is 0.222 e. The van der Waals surface area contributed by atoms with Crippen LogP contribution in [-0.4, -0.2) is 22.6 Å². The maximum absolute atomic E-state index is 5.82. The van der Waals surface area contributed by atoms with E-state index in [1.807, 2.05) is 0 Å². The first-order chi connectivity index (χ1) is 8.22. The predicted octanol–water partition coefficient (Wildman–Crippen LogP) is 3.04. The van der Waals surface area contributed by atoms with Gasteiger partial charge in [0.15, 0.2) is 0 Å². The highest BCUT2D eigenvalue weighted by atomic mass is 16.5. The molecular formula is C13H23N3O. The highest BCUT2D eigenvalue weighted by molar-refractivity contribution is 5.48. The number of hydrogen-bond acceptors (Lipinski definition) is 4. The molecule has 4 nitrogen and oxygen atoms in total. The summed E-state index contributed by atoms with van der Waals surface area (Å²) in [7, 11) is 0. The first-order valence-corrected chi connectivity index (χ1v) is 6.47. The number of nitrogens with one attached hydrogen (secondary N) is 1. The van der Waals surface area contributed by atoms with E-state index in [9.17, 15) is 0 Å². The number of aromatic nitrogens is 2. The fourth-order valence-corrected chi connectivity index (χ4v) is 1.49. The van der Waals surface area contributed by atoms with E-state index < -0.39 is 0 Å². The van der Waals surface area contributed by atoms with Crippen LogP contribution in [0.15, 0.2) is 6.33 Å². The summed E-state index contributed by atoms with van der Waals surface area (Å²) in [6.07, 6.45) is 4.68. The van der Waals surface area contributed by atoms with Gasteiger partial charge in [-0.15, -0.1) is 0 Å². The predicted molar refractivity (Wildman–Crippen MR) is 70.6 cm³/mol. The lowest BCUT2D eigenvalue weighted by Crippen LogP contribution is -2.14. The quantitative estimate of drug-likeness (QED) is 0.791. The zero-order valence-electron chi connectivity index (χ0n) is 11.3. The third-order valence-electron chi connectivity index (χ3n) is 2.69. The fourth-order valence-electron chi connectivity index (χ4n) is 1.49. The van der Waals surface area contributed by atoms with E-state index in [0.29, 0.717) is 0 Å². The molecule has 1 rings (SSSR count). The Hall–Kier alpha value is -1.32. The molecule has 0 fully saturated rings. The van der Waals surface area contributed by atoms with Crippen molar-refractivity contribution >= 4 is 5.82 Å². The van der Waals surface area contributed by atoms with Crippen molar-refractivity contribution in [3.63, 3.8) is 0 Å². The van der Waals surface area contributed by atoms with Gasteiger partial charge in [-0.3, -0.25) is 0 Å². The van der Waals surface area contributed by atoms with Crippen molar-refractivity contribution in [2.75, 3.05) is 11.9 Å². The minimum Gasteiger partial charge on any atom is -0.474 e. The van der Waals surface area contributed by atoms with Crippen LogP contribution in [0.3, 0.4) is 0 Å². The Labute approximate surface area is 104 Å². The Kier molecular flexibility index (Phi) is 5.73. The second-order valence-corrected chi connectivity index (χ2v) is 4.12. The molecule has 0 saturated heterocycles. The van der Waals surface area contributed by atoms with Crippen LogP contribution in [0.25, 0.3) is 0 Å². The molecule has 1 aromatic rings. The standard InChI is InChI=1S/C13H23N3O/c1-5-8-14-12-11(7-3)13(16-9-15-12)17-10(4)6-2/h9-10H,5-8H2,1-4H3,(H,14,15,16). The molecule has 0 bridgehead atoms. The third-order valence-corrected chi connectivity index (χ3v) is 2.69. The van der Waals surface area contributed by atoms with Crippen LogP contribution in [0.1, 0.15) is 46.1 Å². The van der Waals surface area contributed by atoms with Crippen LogP contribution in [0.4, 0.5) is 5.82 Å². The Balaban J connectivity index is 2.88. The molecule has 1 unspecified atom stereocenters. The van der Waals surface area contributed by atoms with Gasteiger partial charge in [-0.05, 0) is 26.2 Å². The number of anilines is 1. The van der Waals surface area contributed by atoms with Crippen LogP contribution in [0.2, 0.25) is 0 Å². The molecule has 1 aromatic heterocycles. The minimum absolute atomic E-state index is 0.189. The second kappa shape index (κ2) is 7.09. The van der Waals surface area contributed by atoms with Gasteiger partial charge in [-0.25, -0.2) is 9.97 Å². The average Bonchev–Trinajstić information content (AvgIpc) is 2.36. The van der Waals surface area contributed by atoms with Gasteiger partial charge in [-0.1, -0.05) is 20.8 Å². The van der Waals surface area contributed by atoms with E-state index in [-0.39, 0.29) is 6.10 Å². The maximum atomic E-state index is 5.82.